The number of aryl methyl sites for hydroxylation is 1. The zero-order chi connectivity index (χ0) is 13.0. The fourth-order valence-corrected chi connectivity index (χ4v) is 1.47. The number of nitrogens with zero attached hydrogens (tertiary/aromatic N) is 1. The second-order valence-electron chi connectivity index (χ2n) is 3.66. The Balaban J connectivity index is 2.88. The molecule has 0 heterocycles. The second-order valence-corrected chi connectivity index (χ2v) is 4.03. The first-order chi connectivity index (χ1) is 7.97. The smallest absolute Gasteiger partial charge is 0.253 e. The van der Waals surface area contributed by atoms with Crippen LogP contribution in [0.2, 0.25) is 5.02 Å². The van der Waals surface area contributed by atoms with E-state index in [9.17, 15) is 4.79 Å². The zero-order valence-electron chi connectivity index (χ0n) is 9.57. The Morgan fingerprint density at radius 2 is 2.24 bits per heavy atom. The minimum atomic E-state index is -0.566. The number of nitrogens with one attached hydrogen (secondary N) is 1. The number of amides is 1. The number of carbonyl (C=O) groups excluding carboxylic acids is 1. The van der Waals surface area contributed by atoms with Crippen molar-refractivity contribution >= 4 is 23.3 Å². The standard InChI is InChI=1S/C11H14ClN3O2/c1-6-4-3-5-8(9(6)12)11(16)14-7(2)10(13)15-17/h3-5,7,17H,1-2H3,(H2,13,15)(H,14,16). The monoisotopic (exact) mass is 255 g/mol. The fourth-order valence-electron chi connectivity index (χ4n) is 1.26. The third-order valence-corrected chi connectivity index (χ3v) is 2.84. The highest BCUT2D eigenvalue weighted by Crippen LogP contribution is 2.20. The van der Waals surface area contributed by atoms with Crippen molar-refractivity contribution in [1.82, 2.24) is 5.32 Å². The molecular formula is C11H14ClN3O2. The van der Waals surface area contributed by atoms with Crippen LogP contribution < -0.4 is 11.1 Å². The predicted molar refractivity (Wildman–Crippen MR) is 66.5 cm³/mol. The average Bonchev–Trinajstić information content (AvgIpc) is 2.31. The Kier molecular flexibility index (Phi) is 4.34. The molecule has 0 saturated heterocycles. The van der Waals surface area contributed by atoms with E-state index in [1.54, 1.807) is 19.1 Å². The van der Waals surface area contributed by atoms with E-state index in [0.29, 0.717) is 10.6 Å². The molecule has 92 valence electrons. The maximum Gasteiger partial charge on any atom is 0.253 e. The molecule has 17 heavy (non-hydrogen) atoms. The third-order valence-electron chi connectivity index (χ3n) is 2.34. The van der Waals surface area contributed by atoms with Crippen molar-refractivity contribution in [2.75, 3.05) is 0 Å². The Morgan fingerprint density at radius 3 is 2.82 bits per heavy atom. The molecule has 6 heteroatoms. The number of hydrogen-bond acceptors (Lipinski definition) is 3. The van der Waals surface area contributed by atoms with Gasteiger partial charge in [0.25, 0.3) is 5.91 Å². The SMILES string of the molecule is Cc1cccc(C(=O)NC(C)/C(N)=N/O)c1Cl. The number of oxime groups is 1. The van der Waals surface area contributed by atoms with Crippen molar-refractivity contribution in [3.63, 3.8) is 0 Å². The van der Waals surface area contributed by atoms with Gasteiger partial charge in [-0.2, -0.15) is 0 Å². The number of benzene rings is 1. The van der Waals surface area contributed by atoms with Gasteiger partial charge in [0, 0.05) is 0 Å². The molecular weight excluding hydrogens is 242 g/mol. The molecule has 0 aliphatic heterocycles. The Labute approximate surface area is 104 Å². The van der Waals surface area contributed by atoms with E-state index in [4.69, 9.17) is 22.5 Å². The van der Waals surface area contributed by atoms with Crippen molar-refractivity contribution in [1.29, 1.82) is 0 Å². The van der Waals surface area contributed by atoms with Crippen LogP contribution in [0.4, 0.5) is 0 Å². The summed E-state index contributed by atoms with van der Waals surface area (Å²) in [6.07, 6.45) is 0. The van der Waals surface area contributed by atoms with Crippen LogP contribution in [0.1, 0.15) is 22.8 Å². The number of carbonyl (C=O) groups is 1. The van der Waals surface area contributed by atoms with Crippen molar-refractivity contribution in [2.45, 2.75) is 19.9 Å². The largest absolute Gasteiger partial charge is 0.409 e. The summed E-state index contributed by atoms with van der Waals surface area (Å²) in [6, 6.07) is 4.60. The lowest BCUT2D eigenvalue weighted by Crippen LogP contribution is -2.42. The van der Waals surface area contributed by atoms with Crippen molar-refractivity contribution in [3.8, 4) is 0 Å². The molecule has 0 spiro atoms. The molecule has 0 aliphatic carbocycles. The Bertz CT molecular complexity index is 460. The van der Waals surface area contributed by atoms with Gasteiger partial charge < -0.3 is 16.3 Å². The molecule has 1 rings (SSSR count). The molecule has 1 atom stereocenters. The molecule has 0 saturated carbocycles. The fraction of sp³-hybridized carbons (Fsp3) is 0.273. The van der Waals surface area contributed by atoms with E-state index >= 15 is 0 Å². The maximum atomic E-state index is 11.9. The van der Waals surface area contributed by atoms with Crippen molar-refractivity contribution in [2.24, 2.45) is 10.9 Å². The zero-order valence-corrected chi connectivity index (χ0v) is 10.3. The molecule has 1 unspecified atom stereocenters. The number of rotatable bonds is 3. The molecule has 4 N–H and O–H groups in total. The summed E-state index contributed by atoms with van der Waals surface area (Å²) >= 11 is 6.01. The Morgan fingerprint density at radius 1 is 1.59 bits per heavy atom. The highest BCUT2D eigenvalue weighted by molar-refractivity contribution is 6.34. The minimum Gasteiger partial charge on any atom is -0.409 e. The quantitative estimate of drug-likeness (QED) is 0.331. The van der Waals surface area contributed by atoms with Gasteiger partial charge in [0.2, 0.25) is 0 Å². The molecule has 1 aromatic rings. The molecule has 0 radical (unpaired) electrons. The molecule has 0 bridgehead atoms. The van der Waals surface area contributed by atoms with Crippen molar-refractivity contribution < 1.29 is 10.0 Å². The van der Waals surface area contributed by atoms with E-state index in [-0.39, 0.29) is 11.7 Å². The molecule has 1 amide bonds. The van der Waals surface area contributed by atoms with Crippen molar-refractivity contribution in [3.05, 3.63) is 34.3 Å². The van der Waals surface area contributed by atoms with Gasteiger partial charge in [-0.3, -0.25) is 4.79 Å². The topological polar surface area (TPSA) is 87.7 Å². The van der Waals surface area contributed by atoms with Crippen LogP contribution in [0, 0.1) is 6.92 Å². The predicted octanol–water partition coefficient (Wildman–Crippen LogP) is 1.51. The van der Waals surface area contributed by atoms with E-state index in [1.165, 1.54) is 0 Å². The first-order valence-electron chi connectivity index (χ1n) is 5.00. The summed E-state index contributed by atoms with van der Waals surface area (Å²) in [5.41, 5.74) is 6.54. The van der Waals surface area contributed by atoms with Gasteiger partial charge in [-0.1, -0.05) is 28.9 Å². The third kappa shape index (κ3) is 3.10. The lowest BCUT2D eigenvalue weighted by molar-refractivity contribution is 0.0948. The van der Waals surface area contributed by atoms with Gasteiger partial charge in [-0.25, -0.2) is 0 Å². The number of amidine groups is 1. The summed E-state index contributed by atoms with van der Waals surface area (Å²) in [7, 11) is 0. The highest BCUT2D eigenvalue weighted by atomic mass is 35.5. The van der Waals surface area contributed by atoms with Gasteiger partial charge in [-0.15, -0.1) is 0 Å². The van der Waals surface area contributed by atoms with Gasteiger partial charge in [0.05, 0.1) is 16.6 Å². The van der Waals surface area contributed by atoms with E-state index < -0.39 is 6.04 Å². The summed E-state index contributed by atoms with van der Waals surface area (Å²) in [4.78, 5) is 11.9. The molecule has 5 nitrogen and oxygen atoms in total. The first kappa shape index (κ1) is 13.3. The van der Waals surface area contributed by atoms with Gasteiger partial charge >= 0.3 is 0 Å². The Hall–Kier alpha value is -1.75. The van der Waals surface area contributed by atoms with Crippen LogP contribution in [-0.2, 0) is 0 Å². The number of halogens is 1. The maximum absolute atomic E-state index is 11.9. The average molecular weight is 256 g/mol. The van der Waals surface area contributed by atoms with Crippen LogP contribution in [0.25, 0.3) is 0 Å². The minimum absolute atomic E-state index is 0.0675. The van der Waals surface area contributed by atoms with Gasteiger partial charge in [0.15, 0.2) is 5.84 Å². The van der Waals surface area contributed by atoms with Crippen LogP contribution in [-0.4, -0.2) is 23.0 Å². The summed E-state index contributed by atoms with van der Waals surface area (Å²) in [6.45, 7) is 3.42. The van der Waals surface area contributed by atoms with E-state index in [2.05, 4.69) is 10.5 Å². The lowest BCUT2D eigenvalue weighted by Gasteiger charge is -2.13. The molecule has 1 aromatic carbocycles. The normalized spacial score (nSPS) is 13.2. The number of hydrogen-bond donors (Lipinski definition) is 3. The van der Waals surface area contributed by atoms with Crippen LogP contribution >= 0.6 is 11.6 Å². The molecule has 0 aliphatic rings. The molecule has 0 fully saturated rings. The van der Waals surface area contributed by atoms with Gasteiger partial charge in [-0.05, 0) is 25.5 Å². The summed E-state index contributed by atoms with van der Waals surface area (Å²) < 4.78 is 0. The van der Waals surface area contributed by atoms with Crippen LogP contribution in [0.15, 0.2) is 23.4 Å². The van der Waals surface area contributed by atoms with Crippen LogP contribution in [0.5, 0.6) is 0 Å². The summed E-state index contributed by atoms with van der Waals surface area (Å²) in [5.74, 6) is -0.431. The van der Waals surface area contributed by atoms with Gasteiger partial charge in [0.1, 0.15) is 0 Å². The lowest BCUT2D eigenvalue weighted by atomic mass is 10.1. The van der Waals surface area contributed by atoms with E-state index in [0.717, 1.165) is 5.56 Å². The van der Waals surface area contributed by atoms with E-state index in [1.807, 2.05) is 13.0 Å². The van der Waals surface area contributed by atoms with Crippen LogP contribution in [0.3, 0.4) is 0 Å². The molecule has 0 aromatic heterocycles. The number of nitrogens with two attached hydrogens (primary N) is 1. The highest BCUT2D eigenvalue weighted by Gasteiger charge is 2.16. The summed E-state index contributed by atoms with van der Waals surface area (Å²) in [5, 5.41) is 14.3. The second kappa shape index (κ2) is 5.54. The first-order valence-corrected chi connectivity index (χ1v) is 5.38.